The van der Waals surface area contributed by atoms with E-state index in [0.717, 1.165) is 0 Å². The molecular formula is C12H14F2O7S. The number of benzene rings is 1. The molecule has 1 aromatic carbocycles. The van der Waals surface area contributed by atoms with Crippen molar-refractivity contribution in [3.05, 3.63) is 30.3 Å². The average Bonchev–Trinajstić information content (AvgIpc) is 2.52. The van der Waals surface area contributed by atoms with Gasteiger partial charge in [-0.3, -0.25) is 0 Å². The van der Waals surface area contributed by atoms with Gasteiger partial charge < -0.3 is 14.2 Å². The van der Waals surface area contributed by atoms with Crippen LogP contribution in [-0.4, -0.2) is 42.9 Å². The van der Waals surface area contributed by atoms with E-state index in [1.807, 2.05) is 18.2 Å². The van der Waals surface area contributed by atoms with Crippen molar-refractivity contribution in [1.29, 1.82) is 0 Å². The Kier molecular flexibility index (Phi) is 8.70. The van der Waals surface area contributed by atoms with Crippen molar-refractivity contribution in [3.8, 4) is 5.75 Å². The van der Waals surface area contributed by atoms with Gasteiger partial charge in [-0.25, -0.2) is 10.1 Å². The first-order chi connectivity index (χ1) is 10.6. The molecule has 0 fully saturated rings. The Labute approximate surface area is 129 Å². The summed E-state index contributed by atoms with van der Waals surface area (Å²) in [5.74, 6) is -1.15. The van der Waals surface area contributed by atoms with Crippen LogP contribution < -0.4 is 4.74 Å². The summed E-state index contributed by atoms with van der Waals surface area (Å²) in [6.45, 7) is 0.0486. The fraction of sp³-hybridized carbons (Fsp3) is 0.417. The van der Waals surface area contributed by atoms with Crippen LogP contribution >= 0.6 is 12.0 Å². The molecule has 0 heterocycles. The second-order valence-electron chi connectivity index (χ2n) is 3.65. The molecule has 1 N–H and O–H groups in total. The van der Waals surface area contributed by atoms with Gasteiger partial charge >= 0.3 is 11.2 Å². The molecule has 0 saturated carbocycles. The number of alkyl halides is 2. The minimum atomic E-state index is -4.00. The summed E-state index contributed by atoms with van der Waals surface area (Å²) in [4.78, 5) is 11.0. The molecule has 0 amide bonds. The fourth-order valence-corrected chi connectivity index (χ4v) is 1.45. The summed E-state index contributed by atoms with van der Waals surface area (Å²) in [7, 11) is 0. The third-order valence-corrected chi connectivity index (χ3v) is 2.61. The highest BCUT2D eigenvalue weighted by molar-refractivity contribution is 7.96. The largest absolute Gasteiger partial charge is 0.491 e. The van der Waals surface area contributed by atoms with Crippen LogP contribution in [0, 0.1) is 0 Å². The zero-order valence-corrected chi connectivity index (χ0v) is 12.1. The van der Waals surface area contributed by atoms with Gasteiger partial charge in [-0.1, -0.05) is 23.2 Å². The zero-order chi connectivity index (χ0) is 16.3. The first-order valence-corrected chi connectivity index (χ1v) is 6.77. The Morgan fingerprint density at radius 2 is 1.82 bits per heavy atom. The van der Waals surface area contributed by atoms with Gasteiger partial charge in [0, 0.05) is 0 Å². The lowest BCUT2D eigenvalue weighted by Gasteiger charge is -2.12. The molecule has 10 heteroatoms. The lowest BCUT2D eigenvalue weighted by atomic mass is 10.3. The molecule has 0 aliphatic carbocycles. The lowest BCUT2D eigenvalue weighted by molar-refractivity contribution is -0.433. The molecule has 0 aliphatic heterocycles. The van der Waals surface area contributed by atoms with Gasteiger partial charge in [-0.2, -0.15) is 8.78 Å². The molecule has 7 nitrogen and oxygen atoms in total. The predicted octanol–water partition coefficient (Wildman–Crippen LogP) is 2.29. The summed E-state index contributed by atoms with van der Waals surface area (Å²) in [6, 6.07) is 9.04. The van der Waals surface area contributed by atoms with Gasteiger partial charge in [0.2, 0.25) is 0 Å². The molecule has 0 aliphatic rings. The van der Waals surface area contributed by atoms with E-state index < -0.39 is 23.3 Å². The van der Waals surface area contributed by atoms with Gasteiger partial charge in [0.15, 0.2) is 0 Å². The standard InChI is InChI=1S/C12H14F2O7S/c13-12(14,22-21-20-16)11(15)19-9-7-17-6-8-18-10-4-2-1-3-5-10/h1-5,16H,6-9H2. The van der Waals surface area contributed by atoms with Crippen molar-refractivity contribution in [1.82, 2.24) is 0 Å². The van der Waals surface area contributed by atoms with Crippen LogP contribution in [0.2, 0.25) is 0 Å². The summed E-state index contributed by atoms with van der Waals surface area (Å²) in [6.07, 6.45) is 0. The molecule has 1 rings (SSSR count). The van der Waals surface area contributed by atoms with Crippen LogP contribution in [0.5, 0.6) is 5.75 Å². The van der Waals surface area contributed by atoms with Crippen molar-refractivity contribution in [3.63, 3.8) is 0 Å². The Morgan fingerprint density at radius 1 is 1.14 bits per heavy atom. The number of carbonyl (C=O) groups excluding carboxylic acids is 1. The maximum absolute atomic E-state index is 12.9. The van der Waals surface area contributed by atoms with Crippen molar-refractivity contribution < 1.29 is 42.4 Å². The van der Waals surface area contributed by atoms with Gasteiger partial charge in [-0.05, 0) is 12.1 Å². The molecule has 0 unspecified atom stereocenters. The summed E-state index contributed by atoms with van der Waals surface area (Å²) in [5.41, 5.74) is 0. The van der Waals surface area contributed by atoms with Crippen molar-refractivity contribution in [2.24, 2.45) is 0 Å². The number of hydrogen-bond acceptors (Lipinski definition) is 8. The molecule has 0 atom stereocenters. The van der Waals surface area contributed by atoms with Gasteiger partial charge in [-0.15, -0.1) is 4.33 Å². The van der Waals surface area contributed by atoms with E-state index in [9.17, 15) is 13.6 Å². The normalized spacial score (nSPS) is 11.2. The number of halogens is 2. The van der Waals surface area contributed by atoms with Crippen LogP contribution in [0.1, 0.15) is 0 Å². The van der Waals surface area contributed by atoms with E-state index >= 15 is 0 Å². The molecule has 0 bridgehead atoms. The molecule has 0 radical (unpaired) electrons. The quantitative estimate of drug-likeness (QED) is 0.216. The van der Waals surface area contributed by atoms with Crippen LogP contribution in [0.4, 0.5) is 8.78 Å². The number of ether oxygens (including phenoxy) is 3. The van der Waals surface area contributed by atoms with E-state index in [-0.39, 0.29) is 26.4 Å². The van der Waals surface area contributed by atoms with Crippen molar-refractivity contribution in [2.75, 3.05) is 26.4 Å². The number of carbonyl (C=O) groups is 1. The minimum Gasteiger partial charge on any atom is -0.491 e. The molecule has 22 heavy (non-hydrogen) atoms. The topological polar surface area (TPSA) is 83.5 Å². The predicted molar refractivity (Wildman–Crippen MR) is 71.1 cm³/mol. The summed E-state index contributed by atoms with van der Waals surface area (Å²) < 4.78 is 44.0. The molecule has 0 saturated heterocycles. The Hall–Kier alpha value is -1.46. The number of esters is 1. The molecule has 0 aromatic heterocycles. The molecule has 1 aromatic rings. The number of hydrogen-bond donors (Lipinski definition) is 1. The highest BCUT2D eigenvalue weighted by atomic mass is 32.2. The van der Waals surface area contributed by atoms with Gasteiger partial charge in [0.25, 0.3) is 0 Å². The van der Waals surface area contributed by atoms with Gasteiger partial charge in [0.05, 0.1) is 13.2 Å². The number of para-hydroxylation sites is 1. The Bertz CT molecular complexity index is 433. The Morgan fingerprint density at radius 3 is 2.50 bits per heavy atom. The minimum absolute atomic E-state index is 0.0675. The van der Waals surface area contributed by atoms with E-state index in [2.05, 4.69) is 14.1 Å². The van der Waals surface area contributed by atoms with E-state index in [1.165, 1.54) is 0 Å². The zero-order valence-electron chi connectivity index (χ0n) is 11.3. The monoisotopic (exact) mass is 340 g/mol. The van der Waals surface area contributed by atoms with Crippen molar-refractivity contribution in [2.45, 2.75) is 5.25 Å². The molecular weight excluding hydrogens is 326 g/mol. The smallest absolute Gasteiger partial charge is 0.415 e. The third kappa shape index (κ3) is 7.52. The maximum atomic E-state index is 12.9. The third-order valence-electron chi connectivity index (χ3n) is 2.11. The van der Waals surface area contributed by atoms with E-state index in [4.69, 9.17) is 14.7 Å². The van der Waals surface area contributed by atoms with Crippen molar-refractivity contribution >= 4 is 18.0 Å². The first kappa shape index (κ1) is 18.6. The average molecular weight is 340 g/mol. The summed E-state index contributed by atoms with van der Waals surface area (Å²) >= 11 is -0.685. The molecule has 0 spiro atoms. The molecule has 124 valence electrons. The van der Waals surface area contributed by atoms with Crippen LogP contribution in [-0.2, 0) is 23.6 Å². The second-order valence-corrected chi connectivity index (χ2v) is 4.47. The first-order valence-electron chi connectivity index (χ1n) is 6.03. The van der Waals surface area contributed by atoms with E-state index in [1.54, 1.807) is 12.1 Å². The fourth-order valence-electron chi connectivity index (χ4n) is 1.21. The van der Waals surface area contributed by atoms with Crippen LogP contribution in [0.25, 0.3) is 0 Å². The van der Waals surface area contributed by atoms with E-state index in [0.29, 0.717) is 5.75 Å². The summed E-state index contributed by atoms with van der Waals surface area (Å²) in [5, 5.41) is 6.70. The van der Waals surface area contributed by atoms with Gasteiger partial charge in [0.1, 0.15) is 31.0 Å². The second kappa shape index (κ2) is 10.3. The SMILES string of the molecule is O=C(OCCOCCOc1ccccc1)C(F)(F)SOOO. The highest BCUT2D eigenvalue weighted by Crippen LogP contribution is 2.31. The van der Waals surface area contributed by atoms with Crippen LogP contribution in [0.3, 0.4) is 0 Å². The highest BCUT2D eigenvalue weighted by Gasteiger charge is 2.44. The number of rotatable bonds is 11. The lowest BCUT2D eigenvalue weighted by Crippen LogP contribution is -2.28. The maximum Gasteiger partial charge on any atom is 0.415 e. The van der Waals surface area contributed by atoms with Crippen LogP contribution in [0.15, 0.2) is 30.3 Å². The Balaban J connectivity index is 2.04.